The Kier molecular flexibility index (Phi) is 3.05. The molecule has 0 amide bonds. The molecule has 0 fully saturated rings. The number of nitrogens with two attached hydrogens (primary N) is 1. The largest absolute Gasteiger partial charge is 0.377 e. The molecule has 0 saturated carbocycles. The molecule has 2 N–H and O–H groups in total. The average molecular weight is 281 g/mol. The number of aryl methyl sites for hydroxylation is 2. The number of fused-ring (bicyclic) bond motifs is 1. The van der Waals surface area contributed by atoms with Crippen LogP contribution in [0.5, 0.6) is 0 Å². The second-order valence-electron chi connectivity index (χ2n) is 5.53. The zero-order valence-corrected chi connectivity index (χ0v) is 12.8. The molecule has 3 aromatic rings. The summed E-state index contributed by atoms with van der Waals surface area (Å²) in [7, 11) is 4.06. The third-order valence-electron chi connectivity index (χ3n) is 3.59. The molecule has 0 saturated heterocycles. The van der Waals surface area contributed by atoms with Crippen molar-refractivity contribution in [3.63, 3.8) is 0 Å². The first-order valence-corrected chi connectivity index (χ1v) is 6.86. The fourth-order valence-corrected chi connectivity index (χ4v) is 2.56. The quantitative estimate of drug-likeness (QED) is 0.784. The predicted molar refractivity (Wildman–Crippen MR) is 87.1 cm³/mol. The minimum Gasteiger partial charge on any atom is -0.377 e. The molecule has 0 bridgehead atoms. The van der Waals surface area contributed by atoms with Crippen molar-refractivity contribution < 1.29 is 0 Å². The Balaban J connectivity index is 2.25. The van der Waals surface area contributed by atoms with Gasteiger partial charge in [-0.15, -0.1) is 0 Å². The molecule has 0 unspecified atom stereocenters. The van der Waals surface area contributed by atoms with E-state index < -0.39 is 0 Å². The minimum absolute atomic E-state index is 0.455. The number of aromatic nitrogens is 3. The smallest absolute Gasteiger partial charge is 0.207 e. The highest BCUT2D eigenvalue weighted by molar-refractivity contribution is 5.78. The van der Waals surface area contributed by atoms with Crippen molar-refractivity contribution in [2.75, 3.05) is 24.7 Å². The predicted octanol–water partition coefficient (Wildman–Crippen LogP) is 2.69. The van der Waals surface area contributed by atoms with E-state index in [1.807, 2.05) is 43.9 Å². The van der Waals surface area contributed by atoms with Crippen molar-refractivity contribution in [3.05, 3.63) is 41.6 Å². The normalized spacial score (nSPS) is 11.0. The van der Waals surface area contributed by atoms with Gasteiger partial charge < -0.3 is 10.6 Å². The number of pyridine rings is 1. The minimum atomic E-state index is 0.455. The molecule has 0 aliphatic rings. The second kappa shape index (κ2) is 4.77. The molecular weight excluding hydrogens is 262 g/mol. The topological polar surface area (TPSA) is 60.0 Å². The van der Waals surface area contributed by atoms with Crippen LogP contribution in [0.25, 0.3) is 16.9 Å². The van der Waals surface area contributed by atoms with Crippen LogP contribution in [0.2, 0.25) is 0 Å². The van der Waals surface area contributed by atoms with E-state index in [0.29, 0.717) is 5.95 Å². The fourth-order valence-electron chi connectivity index (χ4n) is 2.56. The molecule has 0 radical (unpaired) electrons. The summed E-state index contributed by atoms with van der Waals surface area (Å²) >= 11 is 0. The zero-order chi connectivity index (χ0) is 15.1. The SMILES string of the molecule is Cc1cnc2c(c1)nc(N)n2-c1ccc(C)c(N(C)C)c1. The van der Waals surface area contributed by atoms with Crippen LogP contribution in [0.4, 0.5) is 11.6 Å². The first-order chi connectivity index (χ1) is 9.97. The van der Waals surface area contributed by atoms with Crippen LogP contribution in [-0.4, -0.2) is 28.6 Å². The molecule has 5 nitrogen and oxygen atoms in total. The van der Waals surface area contributed by atoms with Crippen molar-refractivity contribution in [2.45, 2.75) is 13.8 Å². The number of benzene rings is 1. The maximum absolute atomic E-state index is 6.10. The summed E-state index contributed by atoms with van der Waals surface area (Å²) in [4.78, 5) is 11.0. The molecule has 0 aliphatic heterocycles. The van der Waals surface area contributed by atoms with E-state index in [9.17, 15) is 0 Å². The van der Waals surface area contributed by atoms with Crippen LogP contribution in [0.15, 0.2) is 30.5 Å². The van der Waals surface area contributed by atoms with Gasteiger partial charge >= 0.3 is 0 Å². The first kappa shape index (κ1) is 13.4. The monoisotopic (exact) mass is 281 g/mol. The summed E-state index contributed by atoms with van der Waals surface area (Å²) in [6.45, 7) is 4.09. The maximum Gasteiger partial charge on any atom is 0.207 e. The highest BCUT2D eigenvalue weighted by atomic mass is 15.2. The van der Waals surface area contributed by atoms with E-state index >= 15 is 0 Å². The third-order valence-corrected chi connectivity index (χ3v) is 3.59. The van der Waals surface area contributed by atoms with Gasteiger partial charge in [0.15, 0.2) is 5.65 Å². The molecule has 5 heteroatoms. The molecule has 21 heavy (non-hydrogen) atoms. The molecule has 108 valence electrons. The molecule has 3 rings (SSSR count). The van der Waals surface area contributed by atoms with Crippen molar-refractivity contribution in [1.29, 1.82) is 0 Å². The van der Waals surface area contributed by atoms with Gasteiger partial charge in [0.25, 0.3) is 0 Å². The molecule has 0 aliphatic carbocycles. The van der Waals surface area contributed by atoms with Crippen molar-refractivity contribution in [3.8, 4) is 5.69 Å². The zero-order valence-electron chi connectivity index (χ0n) is 12.8. The summed E-state index contributed by atoms with van der Waals surface area (Å²) in [5, 5.41) is 0. The Labute approximate surface area is 124 Å². The van der Waals surface area contributed by atoms with E-state index in [1.54, 1.807) is 0 Å². The molecule has 0 atom stereocenters. The van der Waals surface area contributed by atoms with Gasteiger partial charge in [0.05, 0.1) is 5.69 Å². The maximum atomic E-state index is 6.10. The van der Waals surface area contributed by atoms with Crippen molar-refractivity contribution >= 4 is 22.8 Å². The van der Waals surface area contributed by atoms with Crippen molar-refractivity contribution in [1.82, 2.24) is 14.5 Å². The van der Waals surface area contributed by atoms with E-state index in [0.717, 1.165) is 28.1 Å². The first-order valence-electron chi connectivity index (χ1n) is 6.86. The lowest BCUT2D eigenvalue weighted by molar-refractivity contribution is 1.06. The van der Waals surface area contributed by atoms with Gasteiger partial charge in [0.2, 0.25) is 5.95 Å². The van der Waals surface area contributed by atoms with Crippen LogP contribution in [0.3, 0.4) is 0 Å². The van der Waals surface area contributed by atoms with E-state index in [-0.39, 0.29) is 0 Å². The van der Waals surface area contributed by atoms with Crippen molar-refractivity contribution in [2.24, 2.45) is 0 Å². The Morgan fingerprint density at radius 3 is 2.62 bits per heavy atom. The highest BCUT2D eigenvalue weighted by Crippen LogP contribution is 2.26. The number of hydrogen-bond donors (Lipinski definition) is 1. The summed E-state index contributed by atoms with van der Waals surface area (Å²) in [5.41, 5.74) is 12.1. The summed E-state index contributed by atoms with van der Waals surface area (Å²) in [5.74, 6) is 0.455. The van der Waals surface area contributed by atoms with E-state index in [2.05, 4.69) is 33.9 Å². The average Bonchev–Trinajstić information content (AvgIpc) is 2.74. The lowest BCUT2D eigenvalue weighted by Crippen LogP contribution is -2.11. The van der Waals surface area contributed by atoms with Gasteiger partial charge in [-0.1, -0.05) is 6.07 Å². The Morgan fingerprint density at radius 2 is 1.90 bits per heavy atom. The summed E-state index contributed by atoms with van der Waals surface area (Å²) < 4.78 is 1.89. The second-order valence-corrected chi connectivity index (χ2v) is 5.53. The van der Waals surface area contributed by atoms with Crippen LogP contribution < -0.4 is 10.6 Å². The highest BCUT2D eigenvalue weighted by Gasteiger charge is 2.13. The standard InChI is InChI=1S/C16H19N5/c1-10-7-13-15(18-9-10)21(16(17)19-13)12-6-5-11(2)14(8-12)20(3)4/h5-9H,1-4H3,(H2,17,19). The molecule has 0 spiro atoms. The number of nitrogens with zero attached hydrogens (tertiary/aromatic N) is 4. The molecule has 1 aromatic carbocycles. The number of rotatable bonds is 2. The lowest BCUT2D eigenvalue weighted by Gasteiger charge is -2.17. The van der Waals surface area contributed by atoms with E-state index in [1.165, 1.54) is 5.56 Å². The summed E-state index contributed by atoms with van der Waals surface area (Å²) in [6.07, 6.45) is 1.83. The Bertz CT molecular complexity index is 817. The van der Waals surface area contributed by atoms with Crippen LogP contribution in [0, 0.1) is 13.8 Å². The molecule has 2 aromatic heterocycles. The number of hydrogen-bond acceptors (Lipinski definition) is 4. The van der Waals surface area contributed by atoms with Crippen LogP contribution >= 0.6 is 0 Å². The van der Waals surface area contributed by atoms with Crippen LogP contribution in [-0.2, 0) is 0 Å². The van der Waals surface area contributed by atoms with Gasteiger partial charge in [-0.25, -0.2) is 9.97 Å². The third kappa shape index (κ3) is 2.20. The lowest BCUT2D eigenvalue weighted by atomic mass is 10.1. The van der Waals surface area contributed by atoms with Crippen LogP contribution in [0.1, 0.15) is 11.1 Å². The Hall–Kier alpha value is -2.56. The number of nitrogen functional groups attached to an aromatic ring is 1. The van der Waals surface area contributed by atoms with Gasteiger partial charge in [-0.3, -0.25) is 4.57 Å². The number of imidazole rings is 1. The van der Waals surface area contributed by atoms with Gasteiger partial charge in [0, 0.05) is 26.0 Å². The molecule has 2 heterocycles. The van der Waals surface area contributed by atoms with Gasteiger partial charge in [-0.05, 0) is 43.2 Å². The molecular formula is C16H19N5. The Morgan fingerprint density at radius 1 is 1.14 bits per heavy atom. The van der Waals surface area contributed by atoms with E-state index in [4.69, 9.17) is 5.73 Å². The van der Waals surface area contributed by atoms with Gasteiger partial charge in [-0.2, -0.15) is 0 Å². The fraction of sp³-hybridized carbons (Fsp3) is 0.250. The number of anilines is 2. The summed E-state index contributed by atoms with van der Waals surface area (Å²) in [6, 6.07) is 8.23. The van der Waals surface area contributed by atoms with Gasteiger partial charge in [0.1, 0.15) is 5.52 Å².